The van der Waals surface area contributed by atoms with Crippen molar-refractivity contribution in [2.24, 2.45) is 5.84 Å². The molecule has 0 spiro atoms. The third-order valence-corrected chi connectivity index (χ3v) is 2.84. The van der Waals surface area contributed by atoms with Crippen molar-refractivity contribution in [1.29, 1.82) is 0 Å². The largest absolute Gasteiger partial charge is 0.487 e. The Bertz CT molecular complexity index is 590. The number of amides is 1. The van der Waals surface area contributed by atoms with E-state index in [1.165, 1.54) is 0 Å². The molecule has 1 aromatic heterocycles. The number of hydrogen-bond acceptors (Lipinski definition) is 4. The second-order valence-corrected chi connectivity index (χ2v) is 4.72. The Morgan fingerprint density at radius 1 is 1.37 bits per heavy atom. The van der Waals surface area contributed by atoms with Gasteiger partial charge in [-0.1, -0.05) is 12.1 Å². The molecule has 1 aromatic carbocycles. The fraction of sp³-hybridized carbons (Fsp3) is 0.0769. The number of carbonyl (C=O) groups excluding carboxylic acids is 1. The van der Waals surface area contributed by atoms with Crippen LogP contribution in [0.2, 0.25) is 0 Å². The van der Waals surface area contributed by atoms with Gasteiger partial charge < -0.3 is 4.74 Å². The molecule has 0 saturated heterocycles. The molecule has 6 heteroatoms. The number of rotatable bonds is 4. The molecule has 5 nitrogen and oxygen atoms in total. The standard InChI is InChI=1S/C13H12BrN3O2/c14-11-5-12(7-16-6-11)19-8-9-2-1-3-10(4-9)13(18)17-15/h1-7H,8,15H2,(H,17,18). The van der Waals surface area contributed by atoms with Crippen LogP contribution >= 0.6 is 15.9 Å². The summed E-state index contributed by atoms with van der Waals surface area (Å²) >= 11 is 3.32. The molecule has 3 N–H and O–H groups in total. The predicted octanol–water partition coefficient (Wildman–Crippen LogP) is 2.03. The molecule has 0 unspecified atom stereocenters. The number of aromatic nitrogens is 1. The minimum atomic E-state index is -0.328. The molecule has 2 aromatic rings. The summed E-state index contributed by atoms with van der Waals surface area (Å²) < 4.78 is 6.43. The average molecular weight is 322 g/mol. The van der Waals surface area contributed by atoms with Gasteiger partial charge in [0, 0.05) is 16.2 Å². The van der Waals surface area contributed by atoms with Gasteiger partial charge in [-0.25, -0.2) is 5.84 Å². The van der Waals surface area contributed by atoms with Crippen LogP contribution in [0.15, 0.2) is 47.2 Å². The quantitative estimate of drug-likeness (QED) is 0.513. The first kappa shape index (κ1) is 13.5. The van der Waals surface area contributed by atoms with Crippen LogP contribution in [0.25, 0.3) is 0 Å². The Morgan fingerprint density at radius 2 is 2.21 bits per heavy atom. The molecule has 0 fully saturated rings. The third kappa shape index (κ3) is 3.77. The molecular formula is C13H12BrN3O2. The van der Waals surface area contributed by atoms with Gasteiger partial charge in [-0.2, -0.15) is 0 Å². The number of nitrogens with zero attached hydrogens (tertiary/aromatic N) is 1. The molecule has 1 heterocycles. The maximum Gasteiger partial charge on any atom is 0.265 e. The highest BCUT2D eigenvalue weighted by Gasteiger charge is 2.04. The Hall–Kier alpha value is -1.92. The van der Waals surface area contributed by atoms with E-state index in [-0.39, 0.29) is 5.91 Å². The van der Waals surface area contributed by atoms with Crippen molar-refractivity contribution in [2.75, 3.05) is 0 Å². The molecule has 0 aliphatic heterocycles. The first-order valence-corrected chi connectivity index (χ1v) is 6.31. The van der Waals surface area contributed by atoms with E-state index in [1.807, 2.05) is 12.1 Å². The number of carbonyl (C=O) groups is 1. The minimum Gasteiger partial charge on any atom is -0.487 e. The Morgan fingerprint density at radius 3 is 2.95 bits per heavy atom. The molecule has 98 valence electrons. The lowest BCUT2D eigenvalue weighted by molar-refractivity contribution is 0.0953. The van der Waals surface area contributed by atoms with Gasteiger partial charge in [-0.05, 0) is 39.7 Å². The third-order valence-electron chi connectivity index (χ3n) is 2.41. The van der Waals surface area contributed by atoms with Crippen molar-refractivity contribution >= 4 is 21.8 Å². The van der Waals surface area contributed by atoms with Crippen molar-refractivity contribution in [2.45, 2.75) is 6.61 Å². The second kappa shape index (κ2) is 6.31. The van der Waals surface area contributed by atoms with Crippen molar-refractivity contribution in [3.8, 4) is 5.75 Å². The van der Waals surface area contributed by atoms with Gasteiger partial charge in [0.2, 0.25) is 0 Å². The van der Waals surface area contributed by atoms with Gasteiger partial charge in [-0.3, -0.25) is 15.2 Å². The summed E-state index contributed by atoms with van der Waals surface area (Å²) in [4.78, 5) is 15.4. The lowest BCUT2D eigenvalue weighted by Crippen LogP contribution is -2.30. The van der Waals surface area contributed by atoms with E-state index in [0.29, 0.717) is 17.9 Å². The summed E-state index contributed by atoms with van der Waals surface area (Å²) in [5.41, 5.74) is 3.47. The molecule has 0 atom stereocenters. The van der Waals surface area contributed by atoms with Crippen molar-refractivity contribution in [3.05, 3.63) is 58.3 Å². The number of ether oxygens (including phenoxy) is 1. The van der Waals surface area contributed by atoms with Crippen molar-refractivity contribution in [3.63, 3.8) is 0 Å². The SMILES string of the molecule is NNC(=O)c1cccc(COc2cncc(Br)c2)c1. The van der Waals surface area contributed by atoms with Crippen LogP contribution in [0, 0.1) is 0 Å². The number of pyridine rings is 1. The maximum atomic E-state index is 11.4. The van der Waals surface area contributed by atoms with E-state index in [2.05, 4.69) is 26.3 Å². The highest BCUT2D eigenvalue weighted by Crippen LogP contribution is 2.17. The minimum absolute atomic E-state index is 0.328. The summed E-state index contributed by atoms with van der Waals surface area (Å²) in [6, 6.07) is 8.89. The summed E-state index contributed by atoms with van der Waals surface area (Å²) in [6.07, 6.45) is 3.31. The van der Waals surface area contributed by atoms with E-state index >= 15 is 0 Å². The fourth-order valence-corrected chi connectivity index (χ4v) is 1.87. The average Bonchev–Trinajstić information content (AvgIpc) is 2.45. The van der Waals surface area contributed by atoms with Gasteiger partial charge in [0.05, 0.1) is 6.20 Å². The molecule has 0 saturated carbocycles. The van der Waals surface area contributed by atoms with Crippen molar-refractivity contribution < 1.29 is 9.53 Å². The van der Waals surface area contributed by atoms with Crippen LogP contribution in [-0.4, -0.2) is 10.9 Å². The van der Waals surface area contributed by atoms with Crippen LogP contribution in [0.1, 0.15) is 15.9 Å². The Kier molecular flexibility index (Phi) is 4.48. The normalized spacial score (nSPS) is 10.0. The van der Waals surface area contributed by atoms with Crippen LogP contribution in [-0.2, 0) is 6.61 Å². The number of hydrogen-bond donors (Lipinski definition) is 2. The van der Waals surface area contributed by atoms with Crippen LogP contribution < -0.4 is 16.0 Å². The molecule has 19 heavy (non-hydrogen) atoms. The van der Waals surface area contributed by atoms with E-state index < -0.39 is 0 Å². The van der Waals surface area contributed by atoms with Crippen LogP contribution in [0.3, 0.4) is 0 Å². The molecule has 0 radical (unpaired) electrons. The topological polar surface area (TPSA) is 77.2 Å². The molecule has 2 rings (SSSR count). The second-order valence-electron chi connectivity index (χ2n) is 3.80. The van der Waals surface area contributed by atoms with E-state index in [9.17, 15) is 4.79 Å². The summed E-state index contributed by atoms with van der Waals surface area (Å²) in [5, 5.41) is 0. The lowest BCUT2D eigenvalue weighted by atomic mass is 10.1. The molecule has 0 aliphatic rings. The van der Waals surface area contributed by atoms with E-state index in [0.717, 1.165) is 10.0 Å². The Balaban J connectivity index is 2.05. The first-order chi connectivity index (χ1) is 9.19. The smallest absolute Gasteiger partial charge is 0.265 e. The highest BCUT2D eigenvalue weighted by atomic mass is 79.9. The summed E-state index contributed by atoms with van der Waals surface area (Å²) in [7, 11) is 0. The number of nitrogens with one attached hydrogen (secondary N) is 1. The zero-order valence-electron chi connectivity index (χ0n) is 9.97. The molecular weight excluding hydrogens is 310 g/mol. The van der Waals surface area contributed by atoms with Gasteiger partial charge in [0.15, 0.2) is 0 Å². The lowest BCUT2D eigenvalue weighted by Gasteiger charge is -2.07. The molecule has 1 amide bonds. The number of halogens is 1. The van der Waals surface area contributed by atoms with Crippen LogP contribution in [0.4, 0.5) is 0 Å². The first-order valence-electron chi connectivity index (χ1n) is 5.52. The number of nitrogen functional groups attached to an aromatic ring is 1. The van der Waals surface area contributed by atoms with Crippen molar-refractivity contribution in [1.82, 2.24) is 10.4 Å². The Labute approximate surface area is 118 Å². The fourth-order valence-electron chi connectivity index (χ4n) is 1.52. The summed E-state index contributed by atoms with van der Waals surface area (Å²) in [6.45, 7) is 0.351. The van der Waals surface area contributed by atoms with E-state index in [4.69, 9.17) is 10.6 Å². The van der Waals surface area contributed by atoms with Crippen LogP contribution in [0.5, 0.6) is 5.75 Å². The zero-order valence-corrected chi connectivity index (χ0v) is 11.6. The maximum absolute atomic E-state index is 11.4. The highest BCUT2D eigenvalue weighted by molar-refractivity contribution is 9.10. The van der Waals surface area contributed by atoms with Gasteiger partial charge in [0.1, 0.15) is 12.4 Å². The van der Waals surface area contributed by atoms with Gasteiger partial charge in [0.25, 0.3) is 5.91 Å². The molecule has 0 bridgehead atoms. The van der Waals surface area contributed by atoms with Gasteiger partial charge in [-0.15, -0.1) is 0 Å². The summed E-state index contributed by atoms with van der Waals surface area (Å²) in [5.74, 6) is 5.42. The monoisotopic (exact) mass is 321 g/mol. The number of benzene rings is 1. The zero-order chi connectivity index (χ0) is 13.7. The molecule has 0 aliphatic carbocycles. The van der Waals surface area contributed by atoms with Gasteiger partial charge >= 0.3 is 0 Å². The van der Waals surface area contributed by atoms with E-state index in [1.54, 1.807) is 30.6 Å². The number of hydrazine groups is 1. The number of nitrogens with two attached hydrogens (primary N) is 1. The predicted molar refractivity (Wildman–Crippen MR) is 74.4 cm³/mol.